The molecule has 0 atom stereocenters. The molecule has 2 fully saturated rings. The Hall–Kier alpha value is -2.29. The normalized spacial score (nSPS) is 19.1. The Morgan fingerprint density at radius 1 is 0.971 bits per heavy atom. The number of benzene rings is 1. The standard InChI is InChI=1S/C25H31Cl2N5O3/c1-34-22-18(26)14-19(27)23(35-2)21(22)24(33)31-8-6-16-15-28-25(29-20(16)7-9-31)32-12-10-30(11-13-32)17-4-3-5-17/h14-15,17H,3-13H2,1-2H3. The highest BCUT2D eigenvalue weighted by molar-refractivity contribution is 6.37. The molecule has 1 amide bonds. The fraction of sp³-hybridized carbons (Fsp3) is 0.560. The van der Waals surface area contributed by atoms with Gasteiger partial charge in [-0.15, -0.1) is 0 Å². The summed E-state index contributed by atoms with van der Waals surface area (Å²) >= 11 is 12.6. The van der Waals surface area contributed by atoms with E-state index in [1.165, 1.54) is 39.5 Å². The van der Waals surface area contributed by atoms with Gasteiger partial charge in [-0.3, -0.25) is 9.69 Å². The van der Waals surface area contributed by atoms with Crippen molar-refractivity contribution in [2.75, 3.05) is 58.4 Å². The van der Waals surface area contributed by atoms with Crippen LogP contribution in [0.4, 0.5) is 5.95 Å². The molecule has 1 aromatic carbocycles. The number of piperazine rings is 1. The first-order chi connectivity index (χ1) is 17.0. The van der Waals surface area contributed by atoms with E-state index >= 15 is 0 Å². The average molecular weight is 520 g/mol. The van der Waals surface area contributed by atoms with Gasteiger partial charge < -0.3 is 19.3 Å². The van der Waals surface area contributed by atoms with Gasteiger partial charge >= 0.3 is 0 Å². The minimum Gasteiger partial charge on any atom is -0.494 e. The van der Waals surface area contributed by atoms with E-state index in [9.17, 15) is 4.79 Å². The zero-order chi connectivity index (χ0) is 24.5. The number of carbonyl (C=O) groups is 1. The highest BCUT2D eigenvalue weighted by atomic mass is 35.5. The number of ether oxygens (including phenoxy) is 2. The molecule has 10 heteroatoms. The first kappa shape index (κ1) is 24.4. The van der Waals surface area contributed by atoms with Crippen LogP contribution >= 0.6 is 23.2 Å². The molecule has 1 aromatic heterocycles. The van der Waals surface area contributed by atoms with E-state index in [2.05, 4.69) is 14.8 Å². The third-order valence-electron chi connectivity index (χ3n) is 7.45. The number of halogens is 2. The Labute approximate surface area is 216 Å². The smallest absolute Gasteiger partial charge is 0.261 e. The largest absolute Gasteiger partial charge is 0.494 e. The van der Waals surface area contributed by atoms with Crippen LogP contribution in [0.3, 0.4) is 0 Å². The Morgan fingerprint density at radius 3 is 2.23 bits per heavy atom. The fourth-order valence-electron chi connectivity index (χ4n) is 5.20. The van der Waals surface area contributed by atoms with Gasteiger partial charge in [0, 0.05) is 57.9 Å². The van der Waals surface area contributed by atoms with Gasteiger partial charge in [-0.05, 0) is 30.9 Å². The van der Waals surface area contributed by atoms with Crippen LogP contribution in [0, 0.1) is 0 Å². The van der Waals surface area contributed by atoms with Gasteiger partial charge in [0.15, 0.2) is 11.5 Å². The minimum absolute atomic E-state index is 0.226. The van der Waals surface area contributed by atoms with Crippen LogP contribution in [0.2, 0.25) is 10.0 Å². The predicted molar refractivity (Wildman–Crippen MR) is 136 cm³/mol. The second-order valence-electron chi connectivity index (χ2n) is 9.32. The minimum atomic E-state index is -0.226. The van der Waals surface area contributed by atoms with Crippen molar-refractivity contribution in [3.8, 4) is 11.5 Å². The lowest BCUT2D eigenvalue weighted by Gasteiger charge is -2.43. The van der Waals surface area contributed by atoms with Crippen LogP contribution in [0.1, 0.15) is 40.9 Å². The molecule has 1 saturated heterocycles. The van der Waals surface area contributed by atoms with Crippen molar-refractivity contribution in [1.29, 1.82) is 0 Å². The molecular weight excluding hydrogens is 489 g/mol. The van der Waals surface area contributed by atoms with Gasteiger partial charge in [0.25, 0.3) is 5.91 Å². The molecular formula is C25H31Cl2N5O3. The topological polar surface area (TPSA) is 71.0 Å². The maximum absolute atomic E-state index is 13.6. The number of hydrogen-bond donors (Lipinski definition) is 0. The number of methoxy groups -OCH3 is 2. The quantitative estimate of drug-likeness (QED) is 0.595. The van der Waals surface area contributed by atoms with Crippen molar-refractivity contribution in [2.24, 2.45) is 0 Å². The van der Waals surface area contributed by atoms with Crippen LogP contribution in [-0.2, 0) is 12.8 Å². The molecule has 0 N–H and O–H groups in total. The van der Waals surface area contributed by atoms with E-state index in [1.54, 1.807) is 4.90 Å². The Morgan fingerprint density at radius 2 is 1.63 bits per heavy atom. The molecule has 0 spiro atoms. The van der Waals surface area contributed by atoms with Crippen LogP contribution in [0.5, 0.6) is 11.5 Å². The van der Waals surface area contributed by atoms with Crippen molar-refractivity contribution in [3.05, 3.63) is 39.1 Å². The number of rotatable bonds is 5. The summed E-state index contributed by atoms with van der Waals surface area (Å²) in [6, 6.07) is 2.30. The zero-order valence-electron chi connectivity index (χ0n) is 20.2. The summed E-state index contributed by atoms with van der Waals surface area (Å²) in [4.78, 5) is 29.9. The Kier molecular flexibility index (Phi) is 7.23. The van der Waals surface area contributed by atoms with Gasteiger partial charge in [0.1, 0.15) is 5.56 Å². The van der Waals surface area contributed by atoms with Gasteiger partial charge in [0.2, 0.25) is 5.95 Å². The van der Waals surface area contributed by atoms with E-state index < -0.39 is 0 Å². The molecule has 3 heterocycles. The summed E-state index contributed by atoms with van der Waals surface area (Å²) in [5, 5.41) is 0.542. The molecule has 2 aliphatic heterocycles. The molecule has 35 heavy (non-hydrogen) atoms. The lowest BCUT2D eigenvalue weighted by atomic mass is 9.91. The zero-order valence-corrected chi connectivity index (χ0v) is 21.7. The first-order valence-corrected chi connectivity index (χ1v) is 13.0. The first-order valence-electron chi connectivity index (χ1n) is 12.2. The molecule has 3 aliphatic rings. The number of hydrogen-bond acceptors (Lipinski definition) is 7. The van der Waals surface area contributed by atoms with Crippen molar-refractivity contribution in [1.82, 2.24) is 19.8 Å². The van der Waals surface area contributed by atoms with Crippen molar-refractivity contribution >= 4 is 35.1 Å². The number of amides is 1. The summed E-state index contributed by atoms with van der Waals surface area (Å²) in [6.07, 6.45) is 7.30. The second-order valence-corrected chi connectivity index (χ2v) is 10.1. The molecule has 0 radical (unpaired) electrons. The van der Waals surface area contributed by atoms with Gasteiger partial charge in [0.05, 0.1) is 30.0 Å². The van der Waals surface area contributed by atoms with Crippen molar-refractivity contribution in [3.63, 3.8) is 0 Å². The SMILES string of the molecule is COc1c(Cl)cc(Cl)c(OC)c1C(=O)N1CCc2cnc(N3CCN(C4CCC4)CC3)nc2CC1. The van der Waals surface area contributed by atoms with Crippen LogP contribution in [0.15, 0.2) is 12.3 Å². The molecule has 0 unspecified atom stereocenters. The summed E-state index contributed by atoms with van der Waals surface area (Å²) in [5.41, 5.74) is 2.34. The molecule has 0 bridgehead atoms. The van der Waals surface area contributed by atoms with E-state index in [-0.39, 0.29) is 33.0 Å². The average Bonchev–Trinajstić information content (AvgIpc) is 3.05. The number of nitrogens with zero attached hydrogens (tertiary/aromatic N) is 5. The van der Waals surface area contributed by atoms with Gasteiger partial charge in [-0.1, -0.05) is 29.6 Å². The van der Waals surface area contributed by atoms with E-state index in [0.717, 1.165) is 49.4 Å². The van der Waals surface area contributed by atoms with Crippen LogP contribution < -0.4 is 14.4 Å². The predicted octanol–water partition coefficient (Wildman–Crippen LogP) is 3.72. The number of anilines is 1. The van der Waals surface area contributed by atoms with Gasteiger partial charge in [-0.2, -0.15) is 0 Å². The summed E-state index contributed by atoms with van der Waals surface area (Å²) in [6.45, 7) is 5.10. The third kappa shape index (κ3) is 4.76. The van der Waals surface area contributed by atoms with E-state index in [0.29, 0.717) is 25.9 Å². The van der Waals surface area contributed by atoms with Crippen LogP contribution in [-0.4, -0.2) is 85.2 Å². The lowest BCUT2D eigenvalue weighted by molar-refractivity contribution is 0.0756. The molecule has 5 rings (SSSR count). The van der Waals surface area contributed by atoms with E-state index in [1.807, 2.05) is 6.20 Å². The number of aromatic nitrogens is 2. The van der Waals surface area contributed by atoms with Gasteiger partial charge in [-0.25, -0.2) is 9.97 Å². The Balaban J connectivity index is 1.30. The fourth-order valence-corrected chi connectivity index (χ4v) is 5.81. The maximum atomic E-state index is 13.6. The molecule has 1 aliphatic carbocycles. The van der Waals surface area contributed by atoms with Crippen molar-refractivity contribution in [2.45, 2.75) is 38.1 Å². The lowest BCUT2D eigenvalue weighted by Crippen LogP contribution is -2.52. The number of fused-ring (bicyclic) bond motifs is 1. The third-order valence-corrected chi connectivity index (χ3v) is 8.01. The highest BCUT2D eigenvalue weighted by Crippen LogP contribution is 2.42. The highest BCUT2D eigenvalue weighted by Gasteiger charge is 2.31. The summed E-state index contributed by atoms with van der Waals surface area (Å²) in [7, 11) is 2.96. The maximum Gasteiger partial charge on any atom is 0.261 e. The monoisotopic (exact) mass is 519 g/mol. The molecule has 8 nitrogen and oxygen atoms in total. The Bertz CT molecular complexity index is 1070. The summed E-state index contributed by atoms with van der Waals surface area (Å²) < 4.78 is 10.9. The van der Waals surface area contributed by atoms with Crippen molar-refractivity contribution < 1.29 is 14.3 Å². The number of carbonyl (C=O) groups excluding carboxylic acids is 1. The van der Waals surface area contributed by atoms with E-state index in [4.69, 9.17) is 37.7 Å². The summed E-state index contributed by atoms with van der Waals surface area (Å²) in [5.74, 6) is 1.10. The molecule has 188 valence electrons. The molecule has 1 saturated carbocycles. The second kappa shape index (κ2) is 10.4. The molecule has 2 aromatic rings. The van der Waals surface area contributed by atoms with Crippen LogP contribution in [0.25, 0.3) is 0 Å².